The number of nitrogens with two attached hydrogens (primary N) is 1. The van der Waals surface area contributed by atoms with Crippen molar-refractivity contribution in [3.05, 3.63) is 28.4 Å². The van der Waals surface area contributed by atoms with E-state index in [1.54, 1.807) is 6.07 Å². The predicted octanol–water partition coefficient (Wildman–Crippen LogP) is 1.08. The average Bonchev–Trinajstić information content (AvgIpc) is 2.39. The minimum Gasteiger partial charge on any atom is -0.369 e. The van der Waals surface area contributed by atoms with Crippen molar-refractivity contribution in [1.29, 1.82) is 0 Å². The van der Waals surface area contributed by atoms with Crippen LogP contribution in [0.1, 0.15) is 19.8 Å². The number of nitrogens with zero attached hydrogens (tertiary/aromatic N) is 3. The molecule has 2 heterocycles. The molecule has 1 amide bonds. The molecule has 102 valence electrons. The third kappa shape index (κ3) is 2.81. The molecular weight excluding hydrogens is 248 g/mol. The van der Waals surface area contributed by atoms with Crippen molar-refractivity contribution in [3.63, 3.8) is 0 Å². The summed E-state index contributed by atoms with van der Waals surface area (Å²) in [4.78, 5) is 27.4. The van der Waals surface area contributed by atoms with Crippen molar-refractivity contribution in [3.8, 4) is 0 Å². The summed E-state index contributed by atoms with van der Waals surface area (Å²) in [7, 11) is 0. The molecule has 0 aliphatic carbocycles. The Bertz CT molecular complexity index is 488. The summed E-state index contributed by atoms with van der Waals surface area (Å²) >= 11 is 0. The van der Waals surface area contributed by atoms with Gasteiger partial charge in [-0.3, -0.25) is 14.9 Å². The molecule has 1 aromatic rings. The van der Waals surface area contributed by atoms with E-state index in [9.17, 15) is 14.9 Å². The molecule has 0 saturated carbocycles. The van der Waals surface area contributed by atoms with Crippen LogP contribution in [-0.2, 0) is 4.79 Å². The zero-order valence-corrected chi connectivity index (χ0v) is 10.7. The van der Waals surface area contributed by atoms with Gasteiger partial charge in [0.25, 0.3) is 5.69 Å². The van der Waals surface area contributed by atoms with Crippen LogP contribution >= 0.6 is 0 Å². The largest absolute Gasteiger partial charge is 0.369 e. The van der Waals surface area contributed by atoms with Crippen LogP contribution in [0.2, 0.25) is 0 Å². The van der Waals surface area contributed by atoms with Crippen LogP contribution < -0.4 is 10.6 Å². The number of hydrogen-bond donors (Lipinski definition) is 1. The molecule has 2 N–H and O–H groups in total. The highest BCUT2D eigenvalue weighted by atomic mass is 16.6. The molecule has 1 aliphatic heterocycles. The number of piperidine rings is 1. The Morgan fingerprint density at radius 2 is 2.26 bits per heavy atom. The third-order valence-corrected chi connectivity index (χ3v) is 3.52. The highest BCUT2D eigenvalue weighted by Crippen LogP contribution is 2.27. The van der Waals surface area contributed by atoms with Gasteiger partial charge in [0.2, 0.25) is 5.91 Å². The molecule has 1 saturated heterocycles. The lowest BCUT2D eigenvalue weighted by Crippen LogP contribution is -2.46. The van der Waals surface area contributed by atoms with Gasteiger partial charge in [-0.1, -0.05) is 0 Å². The Labute approximate surface area is 110 Å². The first-order valence-electron chi connectivity index (χ1n) is 6.15. The van der Waals surface area contributed by atoms with Crippen molar-refractivity contribution in [1.82, 2.24) is 4.98 Å². The summed E-state index contributed by atoms with van der Waals surface area (Å²) in [6.45, 7) is 2.56. The molecule has 7 heteroatoms. The lowest BCUT2D eigenvalue weighted by atomic mass is 9.93. The van der Waals surface area contributed by atoms with Crippen LogP contribution in [0.3, 0.4) is 0 Å². The van der Waals surface area contributed by atoms with Crippen molar-refractivity contribution in [2.75, 3.05) is 11.4 Å². The quantitative estimate of drug-likeness (QED) is 0.650. The monoisotopic (exact) mass is 264 g/mol. The molecule has 2 atom stereocenters. The van der Waals surface area contributed by atoms with Gasteiger partial charge in [0.05, 0.1) is 10.8 Å². The number of pyridine rings is 1. The van der Waals surface area contributed by atoms with Gasteiger partial charge >= 0.3 is 0 Å². The normalized spacial score (nSPS) is 23.1. The zero-order valence-electron chi connectivity index (χ0n) is 10.7. The van der Waals surface area contributed by atoms with E-state index in [4.69, 9.17) is 5.73 Å². The standard InChI is InChI=1S/C12H16N4O3/c1-8-2-3-9(12(13)17)7-15(8)11-5-4-10(6-14-11)16(18)19/h4-6,8-9H,2-3,7H2,1H3,(H2,13,17)/t8-,9+/m1/s1. The van der Waals surface area contributed by atoms with Gasteiger partial charge in [-0.2, -0.15) is 0 Å². The van der Waals surface area contributed by atoms with E-state index in [1.165, 1.54) is 12.3 Å². The predicted molar refractivity (Wildman–Crippen MR) is 69.6 cm³/mol. The first kappa shape index (κ1) is 13.3. The molecule has 2 rings (SSSR count). The van der Waals surface area contributed by atoms with E-state index in [0.29, 0.717) is 12.4 Å². The van der Waals surface area contributed by atoms with E-state index in [1.807, 2.05) is 11.8 Å². The summed E-state index contributed by atoms with van der Waals surface area (Å²) in [5.41, 5.74) is 5.30. The number of rotatable bonds is 3. The fourth-order valence-corrected chi connectivity index (χ4v) is 2.31. The smallest absolute Gasteiger partial charge is 0.287 e. The van der Waals surface area contributed by atoms with E-state index in [2.05, 4.69) is 4.98 Å². The van der Waals surface area contributed by atoms with E-state index in [-0.39, 0.29) is 23.6 Å². The second kappa shape index (κ2) is 5.21. The molecule has 1 fully saturated rings. The maximum Gasteiger partial charge on any atom is 0.287 e. The number of carbonyl (C=O) groups is 1. The summed E-state index contributed by atoms with van der Waals surface area (Å²) < 4.78 is 0. The number of hydrogen-bond acceptors (Lipinski definition) is 5. The molecule has 19 heavy (non-hydrogen) atoms. The summed E-state index contributed by atoms with van der Waals surface area (Å²) in [6, 6.07) is 3.27. The number of aromatic nitrogens is 1. The number of primary amides is 1. The molecule has 7 nitrogen and oxygen atoms in total. The third-order valence-electron chi connectivity index (χ3n) is 3.52. The van der Waals surface area contributed by atoms with Crippen molar-refractivity contribution in [2.24, 2.45) is 11.7 Å². The minimum absolute atomic E-state index is 0.0418. The SMILES string of the molecule is C[C@@H]1CC[C@H](C(N)=O)CN1c1ccc([N+](=O)[O-])cn1. The first-order chi connectivity index (χ1) is 8.99. The van der Waals surface area contributed by atoms with Gasteiger partial charge in [-0.25, -0.2) is 4.98 Å². The van der Waals surface area contributed by atoms with E-state index >= 15 is 0 Å². The average molecular weight is 264 g/mol. The van der Waals surface area contributed by atoms with Crippen LogP contribution in [-0.4, -0.2) is 28.4 Å². The number of nitro groups is 1. The van der Waals surface area contributed by atoms with Crippen molar-refractivity contribution in [2.45, 2.75) is 25.8 Å². The van der Waals surface area contributed by atoms with Gasteiger partial charge in [0, 0.05) is 18.7 Å². The second-order valence-electron chi connectivity index (χ2n) is 4.81. The lowest BCUT2D eigenvalue weighted by molar-refractivity contribution is -0.385. The molecule has 1 aliphatic rings. The van der Waals surface area contributed by atoms with Crippen molar-refractivity contribution < 1.29 is 9.72 Å². The number of amides is 1. The van der Waals surface area contributed by atoms with Crippen LogP contribution in [0.15, 0.2) is 18.3 Å². The molecular formula is C12H16N4O3. The molecule has 0 aromatic carbocycles. The molecule has 1 aromatic heterocycles. The molecule has 0 radical (unpaired) electrons. The Morgan fingerprint density at radius 3 is 2.79 bits per heavy atom. The topological polar surface area (TPSA) is 102 Å². The number of anilines is 1. The van der Waals surface area contributed by atoms with Gasteiger partial charge in [-0.15, -0.1) is 0 Å². The summed E-state index contributed by atoms with van der Waals surface area (Å²) in [5, 5.41) is 10.6. The highest BCUT2D eigenvalue weighted by molar-refractivity contribution is 5.77. The summed E-state index contributed by atoms with van der Waals surface area (Å²) in [6.07, 6.45) is 2.86. The van der Waals surface area contributed by atoms with E-state index < -0.39 is 4.92 Å². The van der Waals surface area contributed by atoms with Crippen LogP contribution in [0.25, 0.3) is 0 Å². The molecule has 0 unspecified atom stereocenters. The molecule has 0 spiro atoms. The van der Waals surface area contributed by atoms with Gasteiger partial charge in [-0.05, 0) is 25.8 Å². The van der Waals surface area contributed by atoms with Gasteiger partial charge < -0.3 is 10.6 Å². The summed E-state index contributed by atoms with van der Waals surface area (Å²) in [5.74, 6) is 0.149. The van der Waals surface area contributed by atoms with Crippen molar-refractivity contribution >= 4 is 17.4 Å². The van der Waals surface area contributed by atoms with Crippen LogP contribution in [0.4, 0.5) is 11.5 Å². The molecule has 0 bridgehead atoms. The fourth-order valence-electron chi connectivity index (χ4n) is 2.31. The maximum atomic E-state index is 11.3. The Morgan fingerprint density at radius 1 is 1.53 bits per heavy atom. The Balaban J connectivity index is 2.18. The van der Waals surface area contributed by atoms with Gasteiger partial charge in [0.15, 0.2) is 0 Å². The van der Waals surface area contributed by atoms with Gasteiger partial charge in [0.1, 0.15) is 12.0 Å². The Hall–Kier alpha value is -2.18. The van der Waals surface area contributed by atoms with Crippen LogP contribution in [0, 0.1) is 16.0 Å². The minimum atomic E-state index is -0.484. The van der Waals surface area contributed by atoms with Crippen LogP contribution in [0.5, 0.6) is 0 Å². The zero-order chi connectivity index (χ0) is 14.0. The first-order valence-corrected chi connectivity index (χ1v) is 6.15. The van der Waals surface area contributed by atoms with E-state index in [0.717, 1.165) is 12.8 Å². The Kier molecular flexibility index (Phi) is 3.64. The fraction of sp³-hybridized carbons (Fsp3) is 0.500. The second-order valence-corrected chi connectivity index (χ2v) is 4.81. The highest BCUT2D eigenvalue weighted by Gasteiger charge is 2.29. The maximum absolute atomic E-state index is 11.3. The number of carbonyl (C=O) groups excluding carboxylic acids is 1. The lowest BCUT2D eigenvalue weighted by Gasteiger charge is -2.37.